The lowest BCUT2D eigenvalue weighted by Gasteiger charge is -2.27. The van der Waals surface area contributed by atoms with Crippen LogP contribution in [0.4, 0.5) is 10.6 Å². The van der Waals surface area contributed by atoms with Gasteiger partial charge in [0.25, 0.3) is 0 Å². The van der Waals surface area contributed by atoms with Gasteiger partial charge in [0.05, 0.1) is 0 Å². The molecule has 19 heavy (non-hydrogen) atoms. The Labute approximate surface area is 107 Å². The van der Waals surface area contributed by atoms with Crippen LogP contribution in [0.3, 0.4) is 0 Å². The monoisotopic (exact) mass is 258 g/mol. The van der Waals surface area contributed by atoms with E-state index in [1.165, 1.54) is 4.90 Å². The first-order valence-corrected chi connectivity index (χ1v) is 5.72. The van der Waals surface area contributed by atoms with Crippen molar-refractivity contribution in [1.29, 1.82) is 0 Å². The van der Waals surface area contributed by atoms with Crippen molar-refractivity contribution in [1.82, 2.24) is 14.7 Å². The molecule has 3 rings (SSSR count). The first kappa shape index (κ1) is 11.4. The Morgan fingerprint density at radius 3 is 2.89 bits per heavy atom. The molecule has 1 saturated heterocycles. The molecule has 1 aliphatic heterocycles. The van der Waals surface area contributed by atoms with Crippen LogP contribution in [0.5, 0.6) is 0 Å². The lowest BCUT2D eigenvalue weighted by Crippen LogP contribution is -2.50. The van der Waals surface area contributed by atoms with Crippen LogP contribution in [-0.2, 0) is 4.79 Å². The number of carbonyl (C=O) groups is 3. The van der Waals surface area contributed by atoms with Crippen molar-refractivity contribution < 1.29 is 14.4 Å². The fourth-order valence-corrected chi connectivity index (χ4v) is 2.08. The average molecular weight is 258 g/mol. The van der Waals surface area contributed by atoms with Crippen molar-refractivity contribution in [2.75, 3.05) is 11.4 Å². The Kier molecular flexibility index (Phi) is 2.52. The molecular formula is C12H10N4O3. The van der Waals surface area contributed by atoms with E-state index in [4.69, 9.17) is 0 Å². The second-order valence-electron chi connectivity index (χ2n) is 4.18. The van der Waals surface area contributed by atoms with Crippen LogP contribution in [0.1, 0.15) is 16.8 Å². The maximum absolute atomic E-state index is 11.8. The Morgan fingerprint density at radius 2 is 2.16 bits per heavy atom. The van der Waals surface area contributed by atoms with Crippen molar-refractivity contribution >= 4 is 29.7 Å². The predicted molar refractivity (Wildman–Crippen MR) is 66.1 cm³/mol. The van der Waals surface area contributed by atoms with E-state index in [1.54, 1.807) is 28.9 Å². The molecule has 3 amide bonds. The lowest BCUT2D eigenvalue weighted by molar-refractivity contribution is -0.120. The number of urea groups is 1. The number of nitrogens with zero attached hydrogens (tertiary/aromatic N) is 3. The van der Waals surface area contributed by atoms with E-state index in [-0.39, 0.29) is 18.9 Å². The number of nitrogens with one attached hydrogen (secondary N) is 1. The molecule has 1 N–H and O–H groups in total. The number of pyridine rings is 1. The van der Waals surface area contributed by atoms with E-state index in [0.717, 1.165) is 0 Å². The molecule has 1 aliphatic rings. The van der Waals surface area contributed by atoms with E-state index >= 15 is 0 Å². The molecule has 3 heterocycles. The summed E-state index contributed by atoms with van der Waals surface area (Å²) in [7, 11) is 0. The number of rotatable bonds is 2. The minimum absolute atomic E-state index is 0.229. The van der Waals surface area contributed by atoms with Gasteiger partial charge < -0.3 is 0 Å². The predicted octanol–water partition coefficient (Wildman–Crippen LogP) is 0.593. The zero-order valence-electron chi connectivity index (χ0n) is 9.87. The molecule has 0 spiro atoms. The molecule has 7 nitrogen and oxygen atoms in total. The number of aromatic nitrogens is 2. The van der Waals surface area contributed by atoms with Crippen LogP contribution in [0.25, 0.3) is 5.65 Å². The number of amides is 3. The van der Waals surface area contributed by atoms with Crippen LogP contribution in [0.2, 0.25) is 0 Å². The summed E-state index contributed by atoms with van der Waals surface area (Å²) in [4.78, 5) is 39.4. The molecule has 1 fully saturated rings. The summed E-state index contributed by atoms with van der Waals surface area (Å²) in [5.41, 5.74) is 1.00. The van der Waals surface area contributed by atoms with Crippen molar-refractivity contribution in [2.45, 2.75) is 6.42 Å². The average Bonchev–Trinajstić information content (AvgIpc) is 2.86. The third-order valence-corrected chi connectivity index (χ3v) is 2.97. The molecule has 0 atom stereocenters. The molecule has 0 unspecified atom stereocenters. The summed E-state index contributed by atoms with van der Waals surface area (Å²) in [6.45, 7) is 0.278. The molecule has 0 radical (unpaired) electrons. The Balaban J connectivity index is 2.13. The van der Waals surface area contributed by atoms with E-state index in [9.17, 15) is 14.4 Å². The number of anilines is 1. The van der Waals surface area contributed by atoms with Crippen LogP contribution in [-0.4, -0.2) is 34.2 Å². The zero-order valence-corrected chi connectivity index (χ0v) is 9.87. The highest BCUT2D eigenvalue weighted by molar-refractivity contribution is 6.05. The first-order chi connectivity index (χ1) is 9.19. The number of hydrogen-bond acceptors (Lipinski definition) is 4. The van der Waals surface area contributed by atoms with Crippen molar-refractivity contribution in [3.05, 3.63) is 30.1 Å². The first-order valence-electron chi connectivity index (χ1n) is 5.72. The normalized spacial score (nSPS) is 15.7. The molecule has 2 aromatic rings. The fraction of sp³-hybridized carbons (Fsp3) is 0.167. The van der Waals surface area contributed by atoms with Gasteiger partial charge in [-0.05, 0) is 12.1 Å². The molecular weight excluding hydrogens is 248 g/mol. The third kappa shape index (κ3) is 1.85. The number of imidazole rings is 1. The van der Waals surface area contributed by atoms with Gasteiger partial charge in [-0.3, -0.25) is 24.2 Å². The summed E-state index contributed by atoms with van der Waals surface area (Å²) >= 11 is 0. The highest BCUT2D eigenvalue weighted by Gasteiger charge is 2.26. The van der Waals surface area contributed by atoms with Crippen LogP contribution >= 0.6 is 0 Å². The molecule has 0 saturated carbocycles. The maximum Gasteiger partial charge on any atom is 0.329 e. The minimum Gasteiger partial charge on any atom is -0.298 e. The maximum atomic E-state index is 11.8. The molecule has 0 bridgehead atoms. The van der Waals surface area contributed by atoms with Gasteiger partial charge in [-0.15, -0.1) is 0 Å². The van der Waals surface area contributed by atoms with Crippen LogP contribution < -0.4 is 10.2 Å². The topological polar surface area (TPSA) is 83.8 Å². The van der Waals surface area contributed by atoms with Gasteiger partial charge in [0.1, 0.15) is 17.8 Å². The van der Waals surface area contributed by atoms with Crippen LogP contribution in [0.15, 0.2) is 24.5 Å². The van der Waals surface area contributed by atoms with Gasteiger partial charge in [0.2, 0.25) is 5.91 Å². The summed E-state index contributed by atoms with van der Waals surface area (Å²) in [5, 5.41) is 2.25. The zero-order chi connectivity index (χ0) is 13.4. The minimum atomic E-state index is -0.491. The summed E-state index contributed by atoms with van der Waals surface area (Å²) in [6.07, 6.45) is 4.21. The Morgan fingerprint density at radius 1 is 1.32 bits per heavy atom. The van der Waals surface area contributed by atoms with E-state index in [0.29, 0.717) is 23.3 Å². The summed E-state index contributed by atoms with van der Waals surface area (Å²) in [6, 6.07) is 2.73. The highest BCUT2D eigenvalue weighted by Crippen LogP contribution is 2.20. The van der Waals surface area contributed by atoms with Crippen LogP contribution in [0, 0.1) is 0 Å². The van der Waals surface area contributed by atoms with Gasteiger partial charge in [-0.1, -0.05) is 0 Å². The quantitative estimate of drug-likeness (QED) is 0.799. The van der Waals surface area contributed by atoms with Crippen molar-refractivity contribution in [3.63, 3.8) is 0 Å². The smallest absolute Gasteiger partial charge is 0.298 e. The molecule has 96 valence electrons. The number of carbonyl (C=O) groups excluding carboxylic acids is 3. The summed E-state index contributed by atoms with van der Waals surface area (Å²) < 4.78 is 1.70. The van der Waals surface area contributed by atoms with E-state index in [2.05, 4.69) is 10.3 Å². The summed E-state index contributed by atoms with van der Waals surface area (Å²) in [5.74, 6) is 0.219. The number of imide groups is 1. The van der Waals surface area contributed by atoms with Crippen molar-refractivity contribution in [3.8, 4) is 0 Å². The Bertz CT molecular complexity index is 691. The molecule has 0 aliphatic carbocycles. The van der Waals surface area contributed by atoms with E-state index in [1.807, 2.05) is 0 Å². The standard InChI is InChI=1S/C12H10N4O3/c17-7-8-5-9-13-2-4-15(9)11(6-8)16-3-1-10(18)14-12(16)19/h2,4-7H,1,3H2,(H,14,18,19). The number of fused-ring (bicyclic) bond motifs is 1. The Hall–Kier alpha value is -2.70. The molecule has 2 aromatic heterocycles. The second-order valence-corrected chi connectivity index (χ2v) is 4.18. The second kappa shape index (κ2) is 4.20. The van der Waals surface area contributed by atoms with Gasteiger partial charge in [0.15, 0.2) is 0 Å². The van der Waals surface area contributed by atoms with Gasteiger partial charge >= 0.3 is 6.03 Å². The van der Waals surface area contributed by atoms with Crippen molar-refractivity contribution in [2.24, 2.45) is 0 Å². The highest BCUT2D eigenvalue weighted by atomic mass is 16.2. The third-order valence-electron chi connectivity index (χ3n) is 2.97. The fourth-order valence-electron chi connectivity index (χ4n) is 2.08. The lowest BCUT2D eigenvalue weighted by atomic mass is 10.2. The largest absolute Gasteiger partial charge is 0.329 e. The SMILES string of the molecule is O=Cc1cc(N2CCC(=O)NC2=O)n2ccnc2c1. The van der Waals surface area contributed by atoms with Gasteiger partial charge in [-0.25, -0.2) is 9.78 Å². The molecule has 0 aromatic carbocycles. The molecule has 7 heteroatoms. The van der Waals surface area contributed by atoms with Gasteiger partial charge in [0, 0.05) is 30.9 Å². The number of hydrogen-bond donors (Lipinski definition) is 1. The van der Waals surface area contributed by atoms with Gasteiger partial charge in [-0.2, -0.15) is 0 Å². The van der Waals surface area contributed by atoms with E-state index < -0.39 is 6.03 Å². The number of aldehydes is 1.